The fourth-order valence-corrected chi connectivity index (χ4v) is 1.28. The Morgan fingerprint density at radius 3 is 3.17 bits per heavy atom. The molecule has 1 radical (unpaired) electrons. The van der Waals surface area contributed by atoms with Gasteiger partial charge in [-0.25, -0.2) is 0 Å². The predicted molar refractivity (Wildman–Crippen MR) is 46.7 cm³/mol. The largest absolute Gasteiger partial charge is 0.375 e. The second-order valence-electron chi connectivity index (χ2n) is 2.79. The molecule has 0 aromatic rings. The Labute approximate surface area is 73.0 Å². The van der Waals surface area contributed by atoms with Gasteiger partial charge in [0.25, 0.3) is 0 Å². The number of carbonyl (C=O) groups excluding carboxylic acids is 1. The lowest BCUT2D eigenvalue weighted by molar-refractivity contribution is -0.107. The highest BCUT2D eigenvalue weighted by atomic mass is 16.5. The van der Waals surface area contributed by atoms with Crippen LogP contribution >= 0.6 is 0 Å². The van der Waals surface area contributed by atoms with Crippen LogP contribution in [-0.2, 0) is 9.53 Å². The van der Waals surface area contributed by atoms with Crippen molar-refractivity contribution in [1.82, 2.24) is 4.90 Å². The molecular formula is C9H14NO2. The van der Waals surface area contributed by atoms with E-state index in [1.807, 2.05) is 6.08 Å². The molecule has 0 aromatic carbocycles. The van der Waals surface area contributed by atoms with Crippen LogP contribution in [0.25, 0.3) is 0 Å². The van der Waals surface area contributed by atoms with Crippen LogP contribution in [0.4, 0.5) is 0 Å². The number of carbonyl (C=O) groups is 1. The van der Waals surface area contributed by atoms with Crippen molar-refractivity contribution in [3.8, 4) is 0 Å². The maximum Gasteiger partial charge on any atom is 0.126 e. The average Bonchev–Trinajstić information content (AvgIpc) is 2.06. The summed E-state index contributed by atoms with van der Waals surface area (Å²) in [5.74, 6) is 0. The fourth-order valence-electron chi connectivity index (χ4n) is 1.28. The molecule has 0 saturated carbocycles. The SMILES string of the molecule is C=CCN1CCOC([CH]C=O)C1. The highest BCUT2D eigenvalue weighted by Gasteiger charge is 2.18. The van der Waals surface area contributed by atoms with Crippen molar-refractivity contribution in [2.24, 2.45) is 0 Å². The first-order chi connectivity index (χ1) is 5.86. The van der Waals surface area contributed by atoms with Gasteiger partial charge < -0.3 is 9.53 Å². The Kier molecular flexibility index (Phi) is 3.97. The molecule has 1 saturated heterocycles. The molecule has 3 nitrogen and oxygen atoms in total. The Morgan fingerprint density at radius 1 is 1.67 bits per heavy atom. The third kappa shape index (κ3) is 2.75. The summed E-state index contributed by atoms with van der Waals surface area (Å²) in [6.07, 6.45) is 4.18. The van der Waals surface area contributed by atoms with E-state index in [1.54, 1.807) is 6.42 Å². The van der Waals surface area contributed by atoms with Gasteiger partial charge in [-0.3, -0.25) is 4.90 Å². The molecule has 1 atom stereocenters. The first-order valence-electron chi connectivity index (χ1n) is 4.10. The van der Waals surface area contributed by atoms with Crippen molar-refractivity contribution in [3.63, 3.8) is 0 Å². The summed E-state index contributed by atoms with van der Waals surface area (Å²) >= 11 is 0. The summed E-state index contributed by atoms with van der Waals surface area (Å²) < 4.78 is 5.33. The summed E-state index contributed by atoms with van der Waals surface area (Å²) in [4.78, 5) is 12.4. The molecule has 12 heavy (non-hydrogen) atoms. The summed E-state index contributed by atoms with van der Waals surface area (Å²) in [5, 5.41) is 0. The quantitative estimate of drug-likeness (QED) is 0.446. The van der Waals surface area contributed by atoms with Crippen LogP contribution in [0.15, 0.2) is 12.7 Å². The molecule has 0 spiro atoms. The van der Waals surface area contributed by atoms with Crippen LogP contribution in [-0.4, -0.2) is 43.5 Å². The van der Waals surface area contributed by atoms with E-state index in [0.717, 1.165) is 25.9 Å². The van der Waals surface area contributed by atoms with Gasteiger partial charge in [-0.2, -0.15) is 0 Å². The van der Waals surface area contributed by atoms with Gasteiger partial charge in [0.15, 0.2) is 0 Å². The summed E-state index contributed by atoms with van der Waals surface area (Å²) in [7, 11) is 0. The van der Waals surface area contributed by atoms with E-state index in [0.29, 0.717) is 6.61 Å². The predicted octanol–water partition coefficient (Wildman–Crippen LogP) is 0.276. The maximum absolute atomic E-state index is 10.2. The molecule has 1 unspecified atom stereocenters. The van der Waals surface area contributed by atoms with Gasteiger partial charge >= 0.3 is 0 Å². The lowest BCUT2D eigenvalue weighted by Gasteiger charge is -2.30. The average molecular weight is 168 g/mol. The van der Waals surface area contributed by atoms with Crippen LogP contribution in [0, 0.1) is 6.42 Å². The second-order valence-corrected chi connectivity index (χ2v) is 2.79. The minimum Gasteiger partial charge on any atom is -0.375 e. The van der Waals surface area contributed by atoms with E-state index in [4.69, 9.17) is 4.74 Å². The Balaban J connectivity index is 2.29. The minimum atomic E-state index is -0.0313. The number of rotatable bonds is 4. The number of nitrogens with zero attached hydrogens (tertiary/aromatic N) is 1. The van der Waals surface area contributed by atoms with E-state index in [1.165, 1.54) is 0 Å². The Hall–Kier alpha value is -0.670. The van der Waals surface area contributed by atoms with Gasteiger partial charge in [0.1, 0.15) is 6.29 Å². The summed E-state index contributed by atoms with van der Waals surface area (Å²) in [5.41, 5.74) is 0. The number of morpholine rings is 1. The molecular weight excluding hydrogens is 154 g/mol. The lowest BCUT2D eigenvalue weighted by Crippen LogP contribution is -2.42. The molecule has 0 aromatic heterocycles. The molecule has 1 heterocycles. The molecule has 67 valence electrons. The van der Waals surface area contributed by atoms with Crippen LogP contribution in [0.3, 0.4) is 0 Å². The van der Waals surface area contributed by atoms with Crippen LogP contribution in [0.2, 0.25) is 0 Å². The highest BCUT2D eigenvalue weighted by molar-refractivity contribution is 5.62. The molecule has 0 bridgehead atoms. The van der Waals surface area contributed by atoms with Gasteiger partial charge in [-0.1, -0.05) is 6.08 Å². The monoisotopic (exact) mass is 168 g/mol. The number of hydrogen-bond donors (Lipinski definition) is 0. The van der Waals surface area contributed by atoms with Crippen LogP contribution < -0.4 is 0 Å². The smallest absolute Gasteiger partial charge is 0.126 e. The molecule has 0 N–H and O–H groups in total. The standard InChI is InChI=1S/C9H14NO2/c1-2-4-10-5-7-12-9(8-10)3-6-11/h2-3,6,9H,1,4-5,7-8H2. The van der Waals surface area contributed by atoms with E-state index in [-0.39, 0.29) is 6.10 Å². The van der Waals surface area contributed by atoms with Gasteiger partial charge in [0, 0.05) is 19.6 Å². The lowest BCUT2D eigenvalue weighted by atomic mass is 10.2. The minimum absolute atomic E-state index is 0.0313. The van der Waals surface area contributed by atoms with Crippen molar-refractivity contribution in [3.05, 3.63) is 19.1 Å². The van der Waals surface area contributed by atoms with E-state index < -0.39 is 0 Å². The molecule has 1 aliphatic rings. The molecule has 0 aliphatic carbocycles. The maximum atomic E-state index is 10.2. The molecule has 1 aliphatic heterocycles. The third-order valence-electron chi connectivity index (χ3n) is 1.86. The second kappa shape index (κ2) is 5.06. The Bertz CT molecular complexity index is 143. The summed E-state index contributed by atoms with van der Waals surface area (Å²) in [6, 6.07) is 0. The van der Waals surface area contributed by atoms with Gasteiger partial charge in [-0.05, 0) is 0 Å². The third-order valence-corrected chi connectivity index (χ3v) is 1.86. The van der Waals surface area contributed by atoms with Crippen LogP contribution in [0.1, 0.15) is 0 Å². The zero-order valence-corrected chi connectivity index (χ0v) is 7.11. The van der Waals surface area contributed by atoms with Crippen LogP contribution in [0.5, 0.6) is 0 Å². The highest BCUT2D eigenvalue weighted by Crippen LogP contribution is 2.06. The topological polar surface area (TPSA) is 29.5 Å². The van der Waals surface area contributed by atoms with Crippen molar-refractivity contribution in [1.29, 1.82) is 0 Å². The summed E-state index contributed by atoms with van der Waals surface area (Å²) in [6.45, 7) is 6.95. The molecule has 3 heteroatoms. The van der Waals surface area contributed by atoms with E-state index in [9.17, 15) is 4.79 Å². The Morgan fingerprint density at radius 2 is 2.50 bits per heavy atom. The zero-order valence-electron chi connectivity index (χ0n) is 7.11. The van der Waals surface area contributed by atoms with Crippen molar-refractivity contribution in [2.45, 2.75) is 6.10 Å². The van der Waals surface area contributed by atoms with E-state index in [2.05, 4.69) is 11.5 Å². The number of hydrogen-bond acceptors (Lipinski definition) is 3. The molecule has 1 rings (SSSR count). The van der Waals surface area contributed by atoms with Crippen molar-refractivity contribution in [2.75, 3.05) is 26.2 Å². The molecule has 1 fully saturated rings. The number of ether oxygens (including phenoxy) is 1. The van der Waals surface area contributed by atoms with Gasteiger partial charge in [0.2, 0.25) is 0 Å². The number of aldehydes is 1. The normalized spacial score (nSPS) is 25.2. The van der Waals surface area contributed by atoms with Crippen molar-refractivity contribution < 1.29 is 9.53 Å². The zero-order chi connectivity index (χ0) is 8.81. The first kappa shape index (κ1) is 9.42. The van der Waals surface area contributed by atoms with Crippen molar-refractivity contribution >= 4 is 6.29 Å². The van der Waals surface area contributed by atoms with Gasteiger partial charge in [0.05, 0.1) is 19.1 Å². The first-order valence-corrected chi connectivity index (χ1v) is 4.10. The molecule has 0 amide bonds. The fraction of sp³-hybridized carbons (Fsp3) is 0.556. The van der Waals surface area contributed by atoms with E-state index >= 15 is 0 Å². The van der Waals surface area contributed by atoms with Gasteiger partial charge in [-0.15, -0.1) is 6.58 Å².